The van der Waals surface area contributed by atoms with E-state index in [0.717, 1.165) is 11.8 Å². The molecule has 37 heavy (non-hydrogen) atoms. The Kier molecular flexibility index (Phi) is 9.31. The number of allylic oxidation sites excluding steroid dienone is 1. The lowest BCUT2D eigenvalue weighted by atomic mass is 9.81. The number of methoxy groups -OCH3 is 1. The molecule has 2 heterocycles. The number of ether oxygens (including phenoxy) is 1. The Labute approximate surface area is 214 Å². The fourth-order valence-electron chi connectivity index (χ4n) is 4.26. The van der Waals surface area contributed by atoms with Crippen LogP contribution >= 0.6 is 0 Å². The molecule has 0 bridgehead atoms. The molecule has 1 atom stereocenters. The summed E-state index contributed by atoms with van der Waals surface area (Å²) < 4.78 is 34.4. The van der Waals surface area contributed by atoms with Gasteiger partial charge in [0.2, 0.25) is 17.7 Å². The molecule has 1 aliphatic carbocycles. The van der Waals surface area contributed by atoms with Gasteiger partial charge in [0.05, 0.1) is 12.8 Å². The normalized spacial score (nSPS) is 16.6. The lowest BCUT2D eigenvalue weighted by molar-refractivity contribution is -0.125. The second kappa shape index (κ2) is 12.4. The summed E-state index contributed by atoms with van der Waals surface area (Å²) in [5.74, 6) is -3.93. The highest BCUT2D eigenvalue weighted by atomic mass is 19.3. The van der Waals surface area contributed by atoms with Crippen LogP contribution in [0.1, 0.15) is 61.6 Å². The van der Waals surface area contributed by atoms with E-state index in [1.165, 1.54) is 24.2 Å². The van der Waals surface area contributed by atoms with Crippen LogP contribution in [-0.2, 0) is 11.3 Å². The molecule has 0 aromatic carbocycles. The zero-order valence-corrected chi connectivity index (χ0v) is 21.1. The second-order valence-electron chi connectivity index (χ2n) is 9.19. The SMILES string of the molecule is COc1ncccc1CN/C=C(\C=N)NC(=O)C(NC(=O)c1ccnn1C(C)C)C1CCC(F)(F)CC1. The molecule has 1 fully saturated rings. The first-order valence-corrected chi connectivity index (χ1v) is 12.1. The van der Waals surface area contributed by atoms with Crippen LogP contribution in [0.15, 0.2) is 42.5 Å². The summed E-state index contributed by atoms with van der Waals surface area (Å²) in [6, 6.07) is 3.96. The van der Waals surface area contributed by atoms with Gasteiger partial charge in [0.1, 0.15) is 11.7 Å². The standard InChI is InChI=1S/C25H33F2N7O3/c1-16(2)34-20(8-12-31-34)22(35)33-21(17-6-9-25(26,27)10-7-17)23(36)32-19(13-28)15-29-14-18-5-4-11-30-24(18)37-3/h4-5,8,11-13,15-17,21,28-29H,6-7,9-10,14H2,1-3H3,(H,32,36)(H,33,35)/b19-15+,28-13?. The summed E-state index contributed by atoms with van der Waals surface area (Å²) in [5, 5.41) is 20.2. The minimum atomic E-state index is -2.78. The molecule has 3 rings (SSSR count). The Morgan fingerprint density at radius 3 is 2.65 bits per heavy atom. The van der Waals surface area contributed by atoms with E-state index < -0.39 is 29.7 Å². The molecular formula is C25H33F2N7O3. The molecule has 2 aromatic rings. The van der Waals surface area contributed by atoms with Crippen molar-refractivity contribution in [3.8, 4) is 5.88 Å². The van der Waals surface area contributed by atoms with Gasteiger partial charge in [-0.05, 0) is 44.7 Å². The van der Waals surface area contributed by atoms with E-state index in [1.807, 2.05) is 19.9 Å². The van der Waals surface area contributed by atoms with Crippen molar-refractivity contribution in [2.45, 2.75) is 64.1 Å². The fraction of sp³-hybridized carbons (Fsp3) is 0.480. The number of amides is 2. The molecule has 2 aromatic heterocycles. The Hall–Kier alpha value is -3.83. The number of aromatic nitrogens is 3. The van der Waals surface area contributed by atoms with E-state index in [2.05, 4.69) is 26.0 Å². The average molecular weight is 518 g/mol. The minimum absolute atomic E-state index is 0.0809. The van der Waals surface area contributed by atoms with Crippen LogP contribution in [0.5, 0.6) is 5.88 Å². The Balaban J connectivity index is 1.74. The number of rotatable bonds is 11. The van der Waals surface area contributed by atoms with Gasteiger partial charge in [0, 0.05) is 55.8 Å². The van der Waals surface area contributed by atoms with E-state index in [-0.39, 0.29) is 43.1 Å². The lowest BCUT2D eigenvalue weighted by Gasteiger charge is -2.33. The first-order chi connectivity index (χ1) is 17.6. The van der Waals surface area contributed by atoms with Crippen LogP contribution in [0, 0.1) is 11.3 Å². The summed E-state index contributed by atoms with van der Waals surface area (Å²) in [6.07, 6.45) is 4.93. The van der Waals surface area contributed by atoms with Crippen LogP contribution in [0.2, 0.25) is 0 Å². The third kappa shape index (κ3) is 7.34. The van der Waals surface area contributed by atoms with E-state index in [0.29, 0.717) is 12.4 Å². The van der Waals surface area contributed by atoms with E-state index in [9.17, 15) is 18.4 Å². The quantitative estimate of drug-likeness (QED) is 0.338. The number of nitrogens with zero attached hydrogens (tertiary/aromatic N) is 3. The highest BCUT2D eigenvalue weighted by Gasteiger charge is 2.40. The van der Waals surface area contributed by atoms with Gasteiger partial charge in [-0.2, -0.15) is 5.10 Å². The van der Waals surface area contributed by atoms with Crippen molar-refractivity contribution in [1.82, 2.24) is 30.7 Å². The molecule has 1 aliphatic rings. The Morgan fingerprint density at radius 1 is 1.27 bits per heavy atom. The molecule has 4 N–H and O–H groups in total. The molecule has 200 valence electrons. The second-order valence-corrected chi connectivity index (χ2v) is 9.19. The van der Waals surface area contributed by atoms with E-state index >= 15 is 0 Å². The summed E-state index contributed by atoms with van der Waals surface area (Å²) in [6.45, 7) is 4.06. The number of pyridine rings is 1. The van der Waals surface area contributed by atoms with Crippen LogP contribution in [0.4, 0.5) is 8.78 Å². The van der Waals surface area contributed by atoms with Gasteiger partial charge < -0.3 is 26.1 Å². The molecule has 0 saturated heterocycles. The fourth-order valence-corrected chi connectivity index (χ4v) is 4.26. The van der Waals surface area contributed by atoms with Gasteiger partial charge in [-0.15, -0.1) is 0 Å². The summed E-state index contributed by atoms with van der Waals surface area (Å²) in [4.78, 5) is 30.5. The number of nitrogens with one attached hydrogen (secondary N) is 4. The van der Waals surface area contributed by atoms with Gasteiger partial charge >= 0.3 is 0 Å². The van der Waals surface area contributed by atoms with Crippen molar-refractivity contribution in [2.75, 3.05) is 7.11 Å². The first kappa shape index (κ1) is 27.8. The maximum Gasteiger partial charge on any atom is 0.270 e. The molecule has 0 radical (unpaired) electrons. The van der Waals surface area contributed by atoms with Crippen molar-refractivity contribution < 1.29 is 23.1 Å². The van der Waals surface area contributed by atoms with Crippen LogP contribution < -0.4 is 20.7 Å². The van der Waals surface area contributed by atoms with Crippen molar-refractivity contribution in [2.24, 2.45) is 5.92 Å². The van der Waals surface area contributed by atoms with Crippen molar-refractivity contribution in [3.63, 3.8) is 0 Å². The van der Waals surface area contributed by atoms with Gasteiger partial charge in [-0.3, -0.25) is 14.3 Å². The molecule has 1 saturated carbocycles. The number of hydrogen-bond acceptors (Lipinski definition) is 7. The third-order valence-corrected chi connectivity index (χ3v) is 6.21. The van der Waals surface area contributed by atoms with Crippen LogP contribution in [-0.4, -0.2) is 51.9 Å². The molecule has 12 heteroatoms. The Bertz CT molecular complexity index is 1120. The number of halogens is 2. The van der Waals surface area contributed by atoms with Crippen molar-refractivity contribution in [1.29, 1.82) is 5.41 Å². The number of carbonyl (C=O) groups is 2. The lowest BCUT2D eigenvalue weighted by Crippen LogP contribution is -2.52. The molecule has 10 nitrogen and oxygen atoms in total. The minimum Gasteiger partial charge on any atom is -0.481 e. The molecule has 2 amide bonds. The summed E-state index contributed by atoms with van der Waals surface area (Å²) in [5.41, 5.74) is 1.18. The first-order valence-electron chi connectivity index (χ1n) is 12.1. The monoisotopic (exact) mass is 517 g/mol. The van der Waals surface area contributed by atoms with Crippen molar-refractivity contribution >= 4 is 18.0 Å². The zero-order valence-electron chi connectivity index (χ0n) is 21.1. The van der Waals surface area contributed by atoms with Gasteiger partial charge in [0.15, 0.2) is 0 Å². The smallest absolute Gasteiger partial charge is 0.270 e. The van der Waals surface area contributed by atoms with Gasteiger partial charge in [-0.1, -0.05) is 6.07 Å². The van der Waals surface area contributed by atoms with Crippen LogP contribution in [0.3, 0.4) is 0 Å². The third-order valence-electron chi connectivity index (χ3n) is 6.21. The molecule has 0 aliphatic heterocycles. The number of alkyl halides is 2. The average Bonchev–Trinajstić information content (AvgIpc) is 3.38. The van der Waals surface area contributed by atoms with Gasteiger partial charge in [-0.25, -0.2) is 13.8 Å². The van der Waals surface area contributed by atoms with E-state index in [1.54, 1.807) is 18.3 Å². The summed E-state index contributed by atoms with van der Waals surface area (Å²) in [7, 11) is 1.51. The number of carbonyl (C=O) groups excluding carboxylic acids is 2. The summed E-state index contributed by atoms with van der Waals surface area (Å²) >= 11 is 0. The van der Waals surface area contributed by atoms with Crippen LogP contribution in [0.25, 0.3) is 0 Å². The molecule has 0 spiro atoms. The predicted octanol–water partition coefficient (Wildman–Crippen LogP) is 3.19. The largest absolute Gasteiger partial charge is 0.481 e. The Morgan fingerprint density at radius 2 is 2.00 bits per heavy atom. The van der Waals surface area contributed by atoms with E-state index in [4.69, 9.17) is 10.1 Å². The highest BCUT2D eigenvalue weighted by molar-refractivity contribution is 5.97. The van der Waals surface area contributed by atoms with Gasteiger partial charge in [0.25, 0.3) is 5.91 Å². The maximum atomic E-state index is 13.8. The molecular weight excluding hydrogens is 484 g/mol. The maximum absolute atomic E-state index is 13.8. The topological polar surface area (TPSA) is 134 Å². The predicted molar refractivity (Wildman–Crippen MR) is 133 cm³/mol. The number of hydrogen-bond donors (Lipinski definition) is 4. The van der Waals surface area contributed by atoms with Crippen molar-refractivity contribution in [3.05, 3.63) is 53.7 Å². The highest BCUT2D eigenvalue weighted by Crippen LogP contribution is 2.37. The zero-order chi connectivity index (χ0) is 27.0. The molecule has 1 unspecified atom stereocenters.